The van der Waals surface area contributed by atoms with Crippen LogP contribution in [0.4, 0.5) is 5.69 Å². The van der Waals surface area contributed by atoms with E-state index in [1.54, 1.807) is 30.3 Å². The summed E-state index contributed by atoms with van der Waals surface area (Å²) in [6.07, 6.45) is 1.63. The van der Waals surface area contributed by atoms with Crippen molar-refractivity contribution in [1.29, 1.82) is 0 Å². The van der Waals surface area contributed by atoms with E-state index in [0.717, 1.165) is 17.0 Å². The Morgan fingerprint density at radius 3 is 2.38 bits per heavy atom. The Morgan fingerprint density at radius 2 is 1.79 bits per heavy atom. The Bertz CT molecular complexity index is 1040. The van der Waals surface area contributed by atoms with Crippen molar-refractivity contribution in [2.45, 2.75) is 40.2 Å². The maximum absolute atomic E-state index is 13.3. The second kappa shape index (κ2) is 7.48. The molecule has 29 heavy (non-hydrogen) atoms. The first-order valence-electron chi connectivity index (χ1n) is 9.30. The van der Waals surface area contributed by atoms with Crippen molar-refractivity contribution >= 4 is 40.9 Å². The van der Waals surface area contributed by atoms with E-state index in [-0.39, 0.29) is 16.2 Å². The SMILES string of the molecule is COc1ccccc1N1C(=O)/C(=C/c2cc(C)n(C(C)(C)C)c2C)C(=O)NC1=S. The average molecular weight is 412 g/mol. The van der Waals surface area contributed by atoms with Crippen LogP contribution in [0.3, 0.4) is 0 Å². The van der Waals surface area contributed by atoms with E-state index in [0.29, 0.717) is 11.4 Å². The Hall–Kier alpha value is -2.93. The van der Waals surface area contributed by atoms with E-state index in [2.05, 4.69) is 30.7 Å². The van der Waals surface area contributed by atoms with Gasteiger partial charge in [-0.25, -0.2) is 4.90 Å². The first-order valence-corrected chi connectivity index (χ1v) is 9.71. The van der Waals surface area contributed by atoms with Crippen molar-refractivity contribution in [2.24, 2.45) is 0 Å². The topological polar surface area (TPSA) is 63.6 Å². The summed E-state index contributed by atoms with van der Waals surface area (Å²) < 4.78 is 7.55. The molecule has 2 aromatic rings. The minimum atomic E-state index is -0.508. The maximum Gasteiger partial charge on any atom is 0.270 e. The zero-order valence-corrected chi connectivity index (χ0v) is 18.3. The number of anilines is 1. The number of ether oxygens (including phenoxy) is 1. The fraction of sp³-hybridized carbons (Fsp3) is 0.318. The van der Waals surface area contributed by atoms with Gasteiger partial charge < -0.3 is 9.30 Å². The molecular weight excluding hydrogens is 386 g/mol. The largest absolute Gasteiger partial charge is 0.495 e. The number of nitrogens with one attached hydrogen (secondary N) is 1. The van der Waals surface area contributed by atoms with E-state index in [4.69, 9.17) is 17.0 Å². The number of thiocarbonyl (C=S) groups is 1. The summed E-state index contributed by atoms with van der Waals surface area (Å²) in [6.45, 7) is 10.3. The Kier molecular flexibility index (Phi) is 5.36. The molecule has 0 saturated carbocycles. The van der Waals surface area contributed by atoms with Gasteiger partial charge in [0, 0.05) is 16.9 Å². The van der Waals surface area contributed by atoms with Crippen molar-refractivity contribution < 1.29 is 14.3 Å². The molecule has 0 radical (unpaired) electrons. The predicted molar refractivity (Wildman–Crippen MR) is 118 cm³/mol. The van der Waals surface area contributed by atoms with E-state index in [9.17, 15) is 9.59 Å². The van der Waals surface area contributed by atoms with Gasteiger partial charge in [0.15, 0.2) is 5.11 Å². The number of amides is 2. The lowest BCUT2D eigenvalue weighted by Gasteiger charge is -2.30. The molecule has 1 saturated heterocycles. The number of carbonyl (C=O) groups excluding carboxylic acids is 2. The third-order valence-corrected chi connectivity index (χ3v) is 5.15. The number of methoxy groups -OCH3 is 1. The van der Waals surface area contributed by atoms with Gasteiger partial charge in [-0.2, -0.15) is 0 Å². The van der Waals surface area contributed by atoms with Gasteiger partial charge in [-0.15, -0.1) is 0 Å². The van der Waals surface area contributed by atoms with Gasteiger partial charge in [-0.05, 0) is 76.7 Å². The van der Waals surface area contributed by atoms with Gasteiger partial charge in [-0.1, -0.05) is 12.1 Å². The van der Waals surface area contributed by atoms with Gasteiger partial charge in [0.25, 0.3) is 11.8 Å². The third kappa shape index (κ3) is 3.70. The molecule has 0 spiro atoms. The van der Waals surface area contributed by atoms with Crippen LogP contribution in [0.2, 0.25) is 0 Å². The van der Waals surface area contributed by atoms with Gasteiger partial charge in [0.1, 0.15) is 11.3 Å². The van der Waals surface area contributed by atoms with E-state index in [1.165, 1.54) is 12.0 Å². The molecule has 2 heterocycles. The molecule has 3 rings (SSSR count). The van der Waals surface area contributed by atoms with E-state index in [1.807, 2.05) is 19.9 Å². The molecule has 1 aromatic carbocycles. The molecule has 0 aliphatic carbocycles. The smallest absolute Gasteiger partial charge is 0.270 e. The highest BCUT2D eigenvalue weighted by Gasteiger charge is 2.36. The number of benzene rings is 1. The van der Waals surface area contributed by atoms with Crippen LogP contribution in [0.25, 0.3) is 6.08 Å². The number of rotatable bonds is 3. The molecule has 0 bridgehead atoms. The van der Waals surface area contributed by atoms with Crippen LogP contribution in [-0.4, -0.2) is 28.6 Å². The molecule has 152 valence electrons. The summed E-state index contributed by atoms with van der Waals surface area (Å²) in [7, 11) is 1.52. The molecule has 1 N–H and O–H groups in total. The summed E-state index contributed by atoms with van der Waals surface area (Å²) in [6, 6.07) is 9.03. The highest BCUT2D eigenvalue weighted by Crippen LogP contribution is 2.32. The van der Waals surface area contributed by atoms with Crippen LogP contribution in [0.5, 0.6) is 5.75 Å². The van der Waals surface area contributed by atoms with Crippen molar-refractivity contribution in [3.8, 4) is 5.75 Å². The molecule has 0 unspecified atom stereocenters. The van der Waals surface area contributed by atoms with Gasteiger partial charge in [0.05, 0.1) is 12.8 Å². The lowest BCUT2D eigenvalue weighted by atomic mass is 10.1. The summed E-state index contributed by atoms with van der Waals surface area (Å²) in [5, 5.41) is 2.65. The van der Waals surface area contributed by atoms with Gasteiger partial charge in [-0.3, -0.25) is 14.9 Å². The molecule has 0 atom stereocenters. The van der Waals surface area contributed by atoms with Crippen molar-refractivity contribution in [3.05, 3.63) is 52.9 Å². The van der Waals surface area contributed by atoms with Crippen LogP contribution < -0.4 is 15.0 Å². The lowest BCUT2D eigenvalue weighted by Crippen LogP contribution is -2.54. The number of aryl methyl sites for hydroxylation is 1. The minimum absolute atomic E-state index is 0.0265. The van der Waals surface area contributed by atoms with Crippen LogP contribution in [0.15, 0.2) is 35.9 Å². The predicted octanol–water partition coefficient (Wildman–Crippen LogP) is 3.70. The Balaban J connectivity index is 2.10. The normalized spacial score (nSPS) is 16.4. The molecule has 1 aromatic heterocycles. The highest BCUT2D eigenvalue weighted by molar-refractivity contribution is 7.80. The van der Waals surface area contributed by atoms with Gasteiger partial charge in [0.2, 0.25) is 0 Å². The maximum atomic E-state index is 13.3. The third-order valence-electron chi connectivity index (χ3n) is 4.87. The standard InChI is InChI=1S/C22H25N3O3S/c1-13-11-15(14(2)25(13)22(3,4)5)12-16-19(26)23-21(29)24(20(16)27)17-9-7-8-10-18(17)28-6/h7-12H,1-6H3,(H,23,26,29)/b16-12+. The molecule has 7 heteroatoms. The highest BCUT2D eigenvalue weighted by atomic mass is 32.1. The Labute approximate surface area is 176 Å². The lowest BCUT2D eigenvalue weighted by molar-refractivity contribution is -0.122. The van der Waals surface area contributed by atoms with Crippen LogP contribution in [-0.2, 0) is 15.1 Å². The molecule has 6 nitrogen and oxygen atoms in total. The second-order valence-electron chi connectivity index (χ2n) is 7.96. The van der Waals surface area contributed by atoms with Crippen LogP contribution in [0, 0.1) is 13.8 Å². The first-order chi connectivity index (χ1) is 13.6. The summed E-state index contributed by atoms with van der Waals surface area (Å²) in [5.41, 5.74) is 3.26. The van der Waals surface area contributed by atoms with E-state index < -0.39 is 11.8 Å². The fourth-order valence-electron chi connectivity index (χ4n) is 3.81. The van der Waals surface area contributed by atoms with Crippen molar-refractivity contribution in [1.82, 2.24) is 9.88 Å². The number of hydrogen-bond donors (Lipinski definition) is 1. The number of carbonyl (C=O) groups is 2. The molecule has 1 aliphatic heterocycles. The van der Waals surface area contributed by atoms with E-state index >= 15 is 0 Å². The summed E-state index contributed by atoms with van der Waals surface area (Å²) in [5.74, 6) is -0.500. The molecule has 1 fully saturated rings. The zero-order chi connectivity index (χ0) is 21.5. The van der Waals surface area contributed by atoms with Crippen molar-refractivity contribution in [2.75, 3.05) is 12.0 Å². The summed E-state index contributed by atoms with van der Waals surface area (Å²) >= 11 is 5.27. The average Bonchev–Trinajstić information content (AvgIpc) is 2.92. The monoisotopic (exact) mass is 411 g/mol. The fourth-order valence-corrected chi connectivity index (χ4v) is 4.09. The first kappa shape index (κ1) is 20.8. The molecule has 1 aliphatic rings. The van der Waals surface area contributed by atoms with Crippen LogP contribution >= 0.6 is 12.2 Å². The second-order valence-corrected chi connectivity index (χ2v) is 8.35. The van der Waals surface area contributed by atoms with Crippen LogP contribution in [0.1, 0.15) is 37.7 Å². The quantitative estimate of drug-likeness (QED) is 0.475. The minimum Gasteiger partial charge on any atom is -0.495 e. The Morgan fingerprint density at radius 1 is 1.14 bits per heavy atom. The molecule has 2 amide bonds. The zero-order valence-electron chi connectivity index (χ0n) is 17.5. The van der Waals surface area contributed by atoms with Gasteiger partial charge >= 0.3 is 0 Å². The number of nitrogens with zero attached hydrogens (tertiary/aromatic N) is 2. The number of para-hydroxylation sites is 2. The number of hydrogen-bond acceptors (Lipinski definition) is 4. The van der Waals surface area contributed by atoms with Crippen molar-refractivity contribution in [3.63, 3.8) is 0 Å². The molecular formula is C22H25N3O3S. The summed E-state index contributed by atoms with van der Waals surface area (Å²) in [4.78, 5) is 27.2. The number of aromatic nitrogens is 1.